The Morgan fingerprint density at radius 2 is 1.85 bits per heavy atom. The number of anilines is 1. The van der Waals surface area contributed by atoms with Crippen molar-refractivity contribution in [1.82, 2.24) is 0 Å². The van der Waals surface area contributed by atoms with Gasteiger partial charge in [-0.2, -0.15) is 0 Å². The third-order valence-corrected chi connectivity index (χ3v) is 1.63. The molecule has 1 rings (SSSR count). The molecule has 0 aliphatic heterocycles. The van der Waals surface area contributed by atoms with Crippen LogP contribution in [0, 0.1) is 0 Å². The summed E-state index contributed by atoms with van der Waals surface area (Å²) in [6.45, 7) is 1.31. The molecule has 74 valence electrons. The lowest BCUT2D eigenvalue weighted by Crippen LogP contribution is -2.05. The molecular formula is C9H15ClN2O. The average molecular weight is 203 g/mol. The summed E-state index contributed by atoms with van der Waals surface area (Å²) in [5, 5.41) is 11.6. The topological polar surface area (TPSA) is 58.3 Å². The number of hydrogen-bond acceptors (Lipinski definition) is 3. The predicted octanol–water partition coefficient (Wildman–Crippen LogP) is 0.971. The van der Waals surface area contributed by atoms with Crippen molar-refractivity contribution >= 4 is 18.1 Å². The van der Waals surface area contributed by atoms with E-state index in [4.69, 9.17) is 10.8 Å². The van der Waals surface area contributed by atoms with E-state index in [-0.39, 0.29) is 19.0 Å². The molecule has 0 bridgehead atoms. The Morgan fingerprint density at radius 1 is 1.23 bits per heavy atom. The normalized spacial score (nSPS) is 9.08. The molecule has 4 N–H and O–H groups in total. The fraction of sp³-hybridized carbons (Fsp3) is 0.333. The second kappa shape index (κ2) is 6.71. The van der Waals surface area contributed by atoms with Crippen LogP contribution in [0.25, 0.3) is 0 Å². The van der Waals surface area contributed by atoms with Crippen LogP contribution in [0.2, 0.25) is 0 Å². The van der Waals surface area contributed by atoms with E-state index in [0.29, 0.717) is 13.1 Å². The lowest BCUT2D eigenvalue weighted by molar-refractivity contribution is 0.311. The van der Waals surface area contributed by atoms with Gasteiger partial charge in [0, 0.05) is 18.8 Å². The maximum absolute atomic E-state index is 8.55. The minimum absolute atomic E-state index is 0. The van der Waals surface area contributed by atoms with E-state index in [1.807, 2.05) is 24.3 Å². The van der Waals surface area contributed by atoms with Gasteiger partial charge in [-0.25, -0.2) is 0 Å². The van der Waals surface area contributed by atoms with Crippen LogP contribution >= 0.6 is 12.4 Å². The molecule has 0 fully saturated rings. The van der Waals surface area contributed by atoms with Gasteiger partial charge in [-0.3, -0.25) is 0 Å². The molecule has 0 saturated heterocycles. The second-order valence-corrected chi connectivity index (χ2v) is 2.55. The molecule has 0 saturated carbocycles. The number of rotatable bonds is 4. The summed E-state index contributed by atoms with van der Waals surface area (Å²) < 4.78 is 0. The van der Waals surface area contributed by atoms with Gasteiger partial charge in [0.15, 0.2) is 0 Å². The third-order valence-electron chi connectivity index (χ3n) is 1.63. The van der Waals surface area contributed by atoms with Crippen LogP contribution in [0.5, 0.6) is 0 Å². The minimum Gasteiger partial charge on any atom is -0.395 e. The highest BCUT2D eigenvalue weighted by Gasteiger charge is 1.90. The van der Waals surface area contributed by atoms with E-state index >= 15 is 0 Å². The maximum Gasteiger partial charge on any atom is 0.0604 e. The standard InChI is InChI=1S/C9H14N2O.ClH/c10-7-8-1-3-9(4-2-8)11-5-6-12;/h1-4,11-12H,5-7,10H2;1H. The van der Waals surface area contributed by atoms with Crippen LogP contribution in [-0.2, 0) is 6.54 Å². The van der Waals surface area contributed by atoms with E-state index in [1.54, 1.807) is 0 Å². The summed E-state index contributed by atoms with van der Waals surface area (Å²) in [5.74, 6) is 0. The Kier molecular flexibility index (Phi) is 6.32. The van der Waals surface area contributed by atoms with Crippen molar-refractivity contribution in [3.05, 3.63) is 29.8 Å². The number of hydrogen-bond donors (Lipinski definition) is 3. The highest BCUT2D eigenvalue weighted by atomic mass is 35.5. The van der Waals surface area contributed by atoms with Crippen molar-refractivity contribution in [1.29, 1.82) is 0 Å². The molecule has 0 atom stereocenters. The van der Waals surface area contributed by atoms with Gasteiger partial charge >= 0.3 is 0 Å². The van der Waals surface area contributed by atoms with Crippen molar-refractivity contribution in [3.8, 4) is 0 Å². The van der Waals surface area contributed by atoms with Gasteiger partial charge in [0.25, 0.3) is 0 Å². The summed E-state index contributed by atoms with van der Waals surface area (Å²) >= 11 is 0. The zero-order chi connectivity index (χ0) is 8.81. The van der Waals surface area contributed by atoms with Gasteiger partial charge in [-0.15, -0.1) is 12.4 Å². The first-order valence-electron chi connectivity index (χ1n) is 4.00. The fourth-order valence-electron chi connectivity index (χ4n) is 0.959. The third kappa shape index (κ3) is 4.12. The van der Waals surface area contributed by atoms with E-state index in [2.05, 4.69) is 5.32 Å². The highest BCUT2D eigenvalue weighted by molar-refractivity contribution is 5.85. The van der Waals surface area contributed by atoms with Crippen LogP contribution in [-0.4, -0.2) is 18.3 Å². The van der Waals surface area contributed by atoms with Crippen LogP contribution in [0.15, 0.2) is 24.3 Å². The Bertz CT molecular complexity index is 226. The quantitative estimate of drug-likeness (QED) is 0.682. The van der Waals surface area contributed by atoms with E-state index in [9.17, 15) is 0 Å². The summed E-state index contributed by atoms with van der Waals surface area (Å²) in [6.07, 6.45) is 0. The second-order valence-electron chi connectivity index (χ2n) is 2.55. The van der Waals surface area contributed by atoms with Crippen molar-refractivity contribution < 1.29 is 5.11 Å². The summed E-state index contributed by atoms with van der Waals surface area (Å²) in [7, 11) is 0. The molecule has 0 aliphatic carbocycles. The molecule has 3 nitrogen and oxygen atoms in total. The number of nitrogens with one attached hydrogen (secondary N) is 1. The summed E-state index contributed by atoms with van der Waals surface area (Å²) in [6, 6.07) is 7.86. The molecule has 0 unspecified atom stereocenters. The fourth-order valence-corrected chi connectivity index (χ4v) is 0.959. The van der Waals surface area contributed by atoms with E-state index in [0.717, 1.165) is 11.3 Å². The number of aliphatic hydroxyl groups is 1. The number of halogens is 1. The van der Waals surface area contributed by atoms with Gasteiger partial charge in [-0.1, -0.05) is 12.1 Å². The Hall–Kier alpha value is -0.770. The zero-order valence-electron chi connectivity index (χ0n) is 7.36. The minimum atomic E-state index is 0. The molecule has 4 heteroatoms. The van der Waals surface area contributed by atoms with Crippen molar-refractivity contribution in [2.45, 2.75) is 6.54 Å². The van der Waals surface area contributed by atoms with Crippen LogP contribution in [0.4, 0.5) is 5.69 Å². The van der Waals surface area contributed by atoms with Gasteiger partial charge in [0.1, 0.15) is 0 Å². The summed E-state index contributed by atoms with van der Waals surface area (Å²) in [5.41, 5.74) is 7.57. The first kappa shape index (κ1) is 12.2. The Morgan fingerprint density at radius 3 is 2.31 bits per heavy atom. The van der Waals surface area contributed by atoms with Gasteiger partial charge in [-0.05, 0) is 17.7 Å². The molecule has 1 aromatic rings. The molecular weight excluding hydrogens is 188 g/mol. The number of aliphatic hydroxyl groups excluding tert-OH is 1. The maximum atomic E-state index is 8.55. The van der Waals surface area contributed by atoms with Crippen LogP contribution in [0.1, 0.15) is 5.56 Å². The smallest absolute Gasteiger partial charge is 0.0604 e. The highest BCUT2D eigenvalue weighted by Crippen LogP contribution is 2.07. The Labute approximate surface area is 84.4 Å². The molecule has 0 radical (unpaired) electrons. The first-order valence-corrected chi connectivity index (χ1v) is 4.00. The van der Waals surface area contributed by atoms with Crippen molar-refractivity contribution in [3.63, 3.8) is 0 Å². The monoisotopic (exact) mass is 202 g/mol. The van der Waals surface area contributed by atoms with Gasteiger partial charge in [0.2, 0.25) is 0 Å². The first-order chi connectivity index (χ1) is 5.86. The molecule has 13 heavy (non-hydrogen) atoms. The van der Waals surface area contributed by atoms with Gasteiger partial charge < -0.3 is 16.2 Å². The zero-order valence-corrected chi connectivity index (χ0v) is 8.18. The lowest BCUT2D eigenvalue weighted by atomic mass is 10.2. The average Bonchev–Trinajstić information content (AvgIpc) is 2.15. The molecule has 0 heterocycles. The van der Waals surface area contributed by atoms with E-state index < -0.39 is 0 Å². The molecule has 0 aromatic heterocycles. The van der Waals surface area contributed by atoms with Crippen molar-refractivity contribution in [2.24, 2.45) is 5.73 Å². The summed E-state index contributed by atoms with van der Waals surface area (Å²) in [4.78, 5) is 0. The molecule has 1 aromatic carbocycles. The molecule has 0 amide bonds. The van der Waals surface area contributed by atoms with E-state index in [1.165, 1.54) is 0 Å². The molecule has 0 aliphatic rings. The molecule has 0 spiro atoms. The predicted molar refractivity (Wildman–Crippen MR) is 57.2 cm³/mol. The number of nitrogens with two attached hydrogens (primary N) is 1. The van der Waals surface area contributed by atoms with Crippen LogP contribution < -0.4 is 11.1 Å². The Balaban J connectivity index is 0.00000144. The lowest BCUT2D eigenvalue weighted by Gasteiger charge is -2.04. The van der Waals surface area contributed by atoms with Gasteiger partial charge in [0.05, 0.1) is 6.61 Å². The SMILES string of the molecule is Cl.NCc1ccc(NCCO)cc1. The van der Waals surface area contributed by atoms with Crippen molar-refractivity contribution in [2.75, 3.05) is 18.5 Å². The van der Waals surface area contributed by atoms with Crippen LogP contribution in [0.3, 0.4) is 0 Å². The largest absolute Gasteiger partial charge is 0.395 e. The number of benzene rings is 1.